The van der Waals surface area contributed by atoms with Crippen LogP contribution in [-0.4, -0.2) is 29.7 Å². The average Bonchev–Trinajstić information content (AvgIpc) is 2.75. The first kappa shape index (κ1) is 17.1. The number of hydrogen-bond donors (Lipinski definition) is 3. The first-order valence-corrected chi connectivity index (χ1v) is 6.15. The number of carbonyl (C=O) groups excluding carboxylic acids is 2. The van der Waals surface area contributed by atoms with Gasteiger partial charge in [0.05, 0.1) is 0 Å². The molecule has 0 aromatic rings. The fraction of sp³-hybridized carbons (Fsp3) is 0.385. The van der Waals surface area contributed by atoms with Crippen molar-refractivity contribution in [1.29, 1.82) is 0 Å². The minimum atomic E-state index is -0.837. The number of amides is 3. The number of hydrazine groups is 1. The number of rotatable bonds is 5. The molecular formula is C13H22N4O2. The van der Waals surface area contributed by atoms with Gasteiger partial charge in [0.25, 0.3) is 5.91 Å². The Balaban J connectivity index is 0.00000154. The van der Waals surface area contributed by atoms with Gasteiger partial charge in [-0.3, -0.25) is 16.0 Å². The summed E-state index contributed by atoms with van der Waals surface area (Å²) in [6, 6.07) is -0.534. The highest BCUT2D eigenvalue weighted by Gasteiger charge is 2.33. The quantitative estimate of drug-likeness (QED) is 0.300. The van der Waals surface area contributed by atoms with E-state index in [2.05, 4.69) is 17.2 Å². The van der Waals surface area contributed by atoms with Gasteiger partial charge in [-0.1, -0.05) is 44.7 Å². The molecule has 19 heavy (non-hydrogen) atoms. The van der Waals surface area contributed by atoms with E-state index in [0.717, 1.165) is 5.57 Å². The Morgan fingerprint density at radius 2 is 2.11 bits per heavy atom. The zero-order valence-electron chi connectivity index (χ0n) is 11.6. The molecule has 1 aliphatic rings. The maximum atomic E-state index is 11.3. The fourth-order valence-corrected chi connectivity index (χ4v) is 1.35. The monoisotopic (exact) mass is 266 g/mol. The highest BCUT2D eigenvalue weighted by molar-refractivity contribution is 6.03. The average molecular weight is 266 g/mol. The van der Waals surface area contributed by atoms with Gasteiger partial charge in [0.2, 0.25) is 0 Å². The Morgan fingerprint density at radius 3 is 2.53 bits per heavy atom. The normalized spacial score (nSPS) is 19.0. The van der Waals surface area contributed by atoms with Gasteiger partial charge in [0.1, 0.15) is 0 Å². The molecule has 0 spiro atoms. The van der Waals surface area contributed by atoms with Crippen LogP contribution in [0, 0.1) is 0 Å². The minimum Gasteiger partial charge on any atom is -0.313 e. The van der Waals surface area contributed by atoms with E-state index in [4.69, 9.17) is 5.84 Å². The van der Waals surface area contributed by atoms with E-state index in [-0.39, 0.29) is 0 Å². The molecule has 0 aromatic carbocycles. The molecule has 0 saturated carbocycles. The summed E-state index contributed by atoms with van der Waals surface area (Å²) in [5.41, 5.74) is 0.847. The minimum absolute atomic E-state index is 0.312. The number of carbonyl (C=O) groups is 2. The maximum Gasteiger partial charge on any atom is 0.323 e. The number of nitrogens with two attached hydrogens (primary N) is 1. The standard InChI is InChI=1S/C11H16N4O2.C2H6/c1-3-5-6-8(4-2)7-15(12)9-10(16)14-11(17)13-9;1-2/h3-6,9H,2,7,12H2,1H3,(H2,13,14,16,17);1-2H3/b5-3-,8-6+;. The molecule has 1 heterocycles. The van der Waals surface area contributed by atoms with Crippen molar-refractivity contribution in [3.8, 4) is 0 Å². The molecule has 3 amide bonds. The summed E-state index contributed by atoms with van der Waals surface area (Å²) in [5.74, 6) is 5.27. The van der Waals surface area contributed by atoms with Crippen LogP contribution in [0.25, 0.3) is 0 Å². The van der Waals surface area contributed by atoms with Crippen LogP contribution >= 0.6 is 0 Å². The number of nitrogens with one attached hydrogen (secondary N) is 2. The lowest BCUT2D eigenvalue weighted by Crippen LogP contribution is -2.51. The van der Waals surface area contributed by atoms with Crippen molar-refractivity contribution in [3.05, 3.63) is 36.5 Å². The van der Waals surface area contributed by atoms with E-state index in [1.54, 1.807) is 6.08 Å². The molecule has 0 radical (unpaired) electrons. The second kappa shape index (κ2) is 9.07. The summed E-state index contributed by atoms with van der Waals surface area (Å²) in [6.07, 6.45) is 6.36. The van der Waals surface area contributed by atoms with Crippen molar-refractivity contribution >= 4 is 11.9 Å². The molecule has 1 saturated heterocycles. The molecule has 0 aromatic heterocycles. The third-order valence-corrected chi connectivity index (χ3v) is 2.21. The summed E-state index contributed by atoms with van der Waals surface area (Å²) >= 11 is 0. The van der Waals surface area contributed by atoms with E-state index >= 15 is 0 Å². The maximum absolute atomic E-state index is 11.3. The summed E-state index contributed by atoms with van der Waals surface area (Å²) in [6.45, 7) is 9.86. The van der Waals surface area contributed by atoms with Crippen molar-refractivity contribution in [3.63, 3.8) is 0 Å². The van der Waals surface area contributed by atoms with Gasteiger partial charge in [-0.15, -0.1) is 0 Å². The third kappa shape index (κ3) is 5.50. The van der Waals surface area contributed by atoms with Crippen LogP contribution in [0.2, 0.25) is 0 Å². The predicted molar refractivity (Wildman–Crippen MR) is 75.8 cm³/mol. The number of urea groups is 1. The van der Waals surface area contributed by atoms with E-state index in [1.165, 1.54) is 5.01 Å². The van der Waals surface area contributed by atoms with Gasteiger partial charge in [-0.2, -0.15) is 0 Å². The molecule has 6 nitrogen and oxygen atoms in total. The van der Waals surface area contributed by atoms with Gasteiger partial charge in [-0.25, -0.2) is 9.80 Å². The molecule has 106 valence electrons. The topological polar surface area (TPSA) is 87.5 Å². The predicted octanol–water partition coefficient (Wildman–Crippen LogP) is 1.04. The highest BCUT2D eigenvalue weighted by atomic mass is 16.2. The Bertz CT molecular complexity index is 388. The van der Waals surface area contributed by atoms with Crippen molar-refractivity contribution in [2.24, 2.45) is 5.84 Å². The zero-order valence-corrected chi connectivity index (χ0v) is 11.6. The summed E-state index contributed by atoms with van der Waals surface area (Å²) < 4.78 is 0. The molecule has 6 heteroatoms. The Hall–Kier alpha value is -1.92. The van der Waals surface area contributed by atoms with Crippen molar-refractivity contribution in [1.82, 2.24) is 15.6 Å². The van der Waals surface area contributed by atoms with Crippen LogP contribution in [0.5, 0.6) is 0 Å². The molecular weight excluding hydrogens is 244 g/mol. The van der Waals surface area contributed by atoms with Gasteiger partial charge in [-0.05, 0) is 12.5 Å². The lowest BCUT2D eigenvalue weighted by Gasteiger charge is -2.21. The smallest absolute Gasteiger partial charge is 0.313 e. The lowest BCUT2D eigenvalue weighted by molar-refractivity contribution is -0.123. The molecule has 1 rings (SSSR count). The highest BCUT2D eigenvalue weighted by Crippen LogP contribution is 2.03. The largest absolute Gasteiger partial charge is 0.323 e. The second-order valence-corrected chi connectivity index (χ2v) is 3.51. The van der Waals surface area contributed by atoms with Crippen LogP contribution in [0.15, 0.2) is 36.5 Å². The van der Waals surface area contributed by atoms with Crippen molar-refractivity contribution < 1.29 is 9.59 Å². The number of imide groups is 1. The molecule has 0 aliphatic carbocycles. The summed E-state index contributed by atoms with van der Waals surface area (Å²) in [4.78, 5) is 22.3. The molecule has 4 N–H and O–H groups in total. The molecule has 0 bridgehead atoms. The Morgan fingerprint density at radius 1 is 1.47 bits per heavy atom. The number of allylic oxidation sites excluding steroid dienone is 3. The molecule has 1 aliphatic heterocycles. The van der Waals surface area contributed by atoms with E-state index in [1.807, 2.05) is 39.0 Å². The van der Waals surface area contributed by atoms with Gasteiger partial charge >= 0.3 is 6.03 Å². The van der Waals surface area contributed by atoms with Crippen LogP contribution in [0.4, 0.5) is 4.79 Å². The molecule has 1 atom stereocenters. The molecule has 1 unspecified atom stereocenters. The van der Waals surface area contributed by atoms with E-state index < -0.39 is 18.1 Å². The zero-order chi connectivity index (χ0) is 14.8. The number of hydrogen-bond acceptors (Lipinski definition) is 4. The lowest BCUT2D eigenvalue weighted by atomic mass is 10.2. The summed E-state index contributed by atoms with van der Waals surface area (Å²) in [5, 5.41) is 5.77. The van der Waals surface area contributed by atoms with Crippen LogP contribution in [-0.2, 0) is 4.79 Å². The van der Waals surface area contributed by atoms with Gasteiger partial charge in [0.15, 0.2) is 6.17 Å². The first-order chi connectivity index (χ1) is 9.08. The van der Waals surface area contributed by atoms with E-state index in [0.29, 0.717) is 6.54 Å². The second-order valence-electron chi connectivity index (χ2n) is 3.51. The Kier molecular flexibility index (Phi) is 8.15. The van der Waals surface area contributed by atoms with Crippen molar-refractivity contribution in [2.45, 2.75) is 26.9 Å². The third-order valence-electron chi connectivity index (χ3n) is 2.21. The van der Waals surface area contributed by atoms with Gasteiger partial charge < -0.3 is 5.32 Å². The molecule has 1 fully saturated rings. The SMILES string of the molecule is C=C/C(=C\C=C/C)CN(N)C1NC(=O)NC1=O.CC. The summed E-state index contributed by atoms with van der Waals surface area (Å²) in [7, 11) is 0. The first-order valence-electron chi connectivity index (χ1n) is 6.15. The Labute approximate surface area is 114 Å². The van der Waals surface area contributed by atoms with Crippen LogP contribution < -0.4 is 16.5 Å². The van der Waals surface area contributed by atoms with E-state index in [9.17, 15) is 9.59 Å². The van der Waals surface area contributed by atoms with Crippen LogP contribution in [0.1, 0.15) is 20.8 Å². The van der Waals surface area contributed by atoms with Gasteiger partial charge in [0, 0.05) is 6.54 Å². The van der Waals surface area contributed by atoms with Crippen LogP contribution in [0.3, 0.4) is 0 Å². The fourth-order valence-electron chi connectivity index (χ4n) is 1.35. The number of nitrogens with zero attached hydrogens (tertiary/aromatic N) is 1. The van der Waals surface area contributed by atoms with Crippen molar-refractivity contribution in [2.75, 3.05) is 6.54 Å².